The van der Waals surface area contributed by atoms with Gasteiger partial charge in [0.05, 0.1) is 23.8 Å². The van der Waals surface area contributed by atoms with Gasteiger partial charge >= 0.3 is 5.97 Å². The van der Waals surface area contributed by atoms with Gasteiger partial charge in [-0.05, 0) is 24.5 Å². The lowest BCUT2D eigenvalue weighted by Crippen LogP contribution is -2.19. The predicted molar refractivity (Wildman–Crippen MR) is 79.0 cm³/mol. The summed E-state index contributed by atoms with van der Waals surface area (Å²) in [5.74, 6) is -0.732. The third kappa shape index (κ3) is 3.22. The zero-order chi connectivity index (χ0) is 13.8. The lowest BCUT2D eigenvalue weighted by Gasteiger charge is -2.13. The third-order valence-corrected chi connectivity index (χ3v) is 3.22. The van der Waals surface area contributed by atoms with Gasteiger partial charge < -0.3 is 15.8 Å². The van der Waals surface area contributed by atoms with Crippen LogP contribution in [0.4, 0.5) is 5.69 Å². The Labute approximate surface area is 124 Å². The van der Waals surface area contributed by atoms with Crippen LogP contribution in [0.2, 0.25) is 0 Å². The molecule has 1 saturated heterocycles. The molecule has 1 heterocycles. The second-order valence-corrected chi connectivity index (χ2v) is 4.58. The normalized spacial score (nSPS) is 17.2. The molecule has 1 fully saturated rings. The number of benzene rings is 1. The number of ether oxygens (including phenoxy) is 1. The number of nitrogens with one attached hydrogen (secondary N) is 1. The minimum atomic E-state index is -0.431. The maximum atomic E-state index is 11.9. The fraction of sp³-hybridized carbons (Fsp3) is 0.429. The first-order chi connectivity index (χ1) is 9.15. The van der Waals surface area contributed by atoms with Crippen molar-refractivity contribution in [2.45, 2.75) is 25.7 Å². The Balaban J connectivity index is 0.00000200. The number of esters is 1. The van der Waals surface area contributed by atoms with E-state index in [9.17, 15) is 9.59 Å². The molecule has 1 atom stereocenters. The fourth-order valence-corrected chi connectivity index (χ4v) is 2.23. The van der Waals surface area contributed by atoms with Crippen LogP contribution in [-0.2, 0) is 9.53 Å². The Morgan fingerprint density at radius 3 is 2.85 bits per heavy atom. The monoisotopic (exact) mass is 298 g/mol. The first kappa shape index (κ1) is 16.3. The van der Waals surface area contributed by atoms with E-state index >= 15 is 0 Å². The van der Waals surface area contributed by atoms with Crippen molar-refractivity contribution in [3.63, 3.8) is 0 Å². The minimum absolute atomic E-state index is 0. The molecule has 1 aromatic carbocycles. The van der Waals surface area contributed by atoms with Gasteiger partial charge in [-0.3, -0.25) is 4.79 Å². The summed E-state index contributed by atoms with van der Waals surface area (Å²) < 4.78 is 5.08. The zero-order valence-corrected chi connectivity index (χ0v) is 12.2. The summed E-state index contributed by atoms with van der Waals surface area (Å²) in [5.41, 5.74) is 7.42. The average Bonchev–Trinajstić information content (AvgIpc) is 2.82. The van der Waals surface area contributed by atoms with Crippen molar-refractivity contribution in [1.29, 1.82) is 0 Å². The van der Waals surface area contributed by atoms with Crippen LogP contribution in [0.1, 0.15) is 41.6 Å². The molecule has 0 radical (unpaired) electrons. The number of hydrogen-bond acceptors (Lipinski definition) is 4. The number of rotatable bonds is 4. The van der Waals surface area contributed by atoms with Crippen LogP contribution in [-0.4, -0.2) is 25.0 Å². The number of halogens is 1. The lowest BCUT2D eigenvalue weighted by molar-refractivity contribution is -0.120. The highest BCUT2D eigenvalue weighted by atomic mass is 35.5. The Hall–Kier alpha value is -1.75. The highest BCUT2D eigenvalue weighted by molar-refractivity contribution is 5.97. The van der Waals surface area contributed by atoms with Crippen molar-refractivity contribution < 1.29 is 14.3 Å². The smallest absolute Gasteiger partial charge is 0.340 e. The molecule has 0 spiro atoms. The van der Waals surface area contributed by atoms with Crippen LogP contribution in [0.15, 0.2) is 18.2 Å². The Bertz CT molecular complexity index is 505. The van der Waals surface area contributed by atoms with E-state index in [1.54, 1.807) is 18.2 Å². The maximum Gasteiger partial charge on any atom is 0.340 e. The topological polar surface area (TPSA) is 81.4 Å². The van der Waals surface area contributed by atoms with Crippen LogP contribution in [0.3, 0.4) is 0 Å². The van der Waals surface area contributed by atoms with Gasteiger partial charge in [-0.2, -0.15) is 0 Å². The van der Waals surface area contributed by atoms with Gasteiger partial charge in [0.25, 0.3) is 0 Å². The van der Waals surface area contributed by atoms with E-state index in [1.807, 2.05) is 6.92 Å². The second-order valence-electron chi connectivity index (χ2n) is 4.58. The Morgan fingerprint density at radius 2 is 2.25 bits per heavy atom. The van der Waals surface area contributed by atoms with E-state index in [-0.39, 0.29) is 24.2 Å². The molecule has 0 saturated carbocycles. The van der Waals surface area contributed by atoms with Crippen molar-refractivity contribution >= 4 is 30.0 Å². The van der Waals surface area contributed by atoms with Crippen molar-refractivity contribution in [2.75, 3.05) is 18.9 Å². The van der Waals surface area contributed by atoms with E-state index in [2.05, 4.69) is 5.32 Å². The highest BCUT2D eigenvalue weighted by Crippen LogP contribution is 2.30. The zero-order valence-electron chi connectivity index (χ0n) is 11.3. The summed E-state index contributed by atoms with van der Waals surface area (Å²) in [4.78, 5) is 23.6. The first-order valence-electron chi connectivity index (χ1n) is 6.48. The number of anilines is 1. The molecule has 0 aromatic heterocycles. The van der Waals surface area contributed by atoms with Crippen LogP contribution < -0.4 is 11.1 Å². The molecule has 0 aliphatic carbocycles. The summed E-state index contributed by atoms with van der Waals surface area (Å²) in [6.07, 6.45) is 1.47. The highest BCUT2D eigenvalue weighted by Gasteiger charge is 2.28. The number of carbonyl (C=O) groups is 2. The molecule has 0 bridgehead atoms. The predicted octanol–water partition coefficient (Wildman–Crippen LogP) is 1.86. The molecule has 20 heavy (non-hydrogen) atoms. The van der Waals surface area contributed by atoms with Gasteiger partial charge in [-0.25, -0.2) is 4.79 Å². The molecule has 110 valence electrons. The summed E-state index contributed by atoms with van der Waals surface area (Å²) >= 11 is 0. The Kier molecular flexibility index (Phi) is 5.82. The molecule has 5 nitrogen and oxygen atoms in total. The van der Waals surface area contributed by atoms with Crippen LogP contribution in [0.25, 0.3) is 0 Å². The van der Waals surface area contributed by atoms with Crippen molar-refractivity contribution in [3.8, 4) is 0 Å². The standard InChI is InChI=1S/C14H18N2O3.ClH/c1-2-8-19-14(18)11-5-3-4-9(12(11)15)10-6-7-16-13(10)17;/h3-5,10H,2,6-8,15H2,1H3,(H,16,17);1H/t10-;/m0./s1. The molecule has 6 heteroatoms. The minimum Gasteiger partial charge on any atom is -0.462 e. The number of nitrogens with two attached hydrogens (primary N) is 1. The van der Waals surface area contributed by atoms with Gasteiger partial charge in [0, 0.05) is 6.54 Å². The summed E-state index contributed by atoms with van der Waals surface area (Å²) in [6, 6.07) is 5.16. The molecular weight excluding hydrogens is 280 g/mol. The van der Waals surface area contributed by atoms with Crippen LogP contribution >= 0.6 is 12.4 Å². The van der Waals surface area contributed by atoms with E-state index < -0.39 is 5.97 Å². The second kappa shape index (κ2) is 7.14. The number of hydrogen-bond donors (Lipinski definition) is 2. The number of para-hydroxylation sites is 1. The van der Waals surface area contributed by atoms with Crippen LogP contribution in [0.5, 0.6) is 0 Å². The lowest BCUT2D eigenvalue weighted by atomic mass is 9.94. The van der Waals surface area contributed by atoms with Gasteiger partial charge in [-0.1, -0.05) is 19.1 Å². The largest absolute Gasteiger partial charge is 0.462 e. The van der Waals surface area contributed by atoms with E-state index in [1.165, 1.54) is 0 Å². The van der Waals surface area contributed by atoms with Gasteiger partial charge in [0.15, 0.2) is 0 Å². The molecule has 2 rings (SSSR count). The molecule has 1 amide bonds. The first-order valence-corrected chi connectivity index (χ1v) is 6.48. The van der Waals surface area contributed by atoms with Gasteiger partial charge in [0.2, 0.25) is 5.91 Å². The van der Waals surface area contributed by atoms with E-state index in [4.69, 9.17) is 10.5 Å². The summed E-state index contributed by atoms with van der Waals surface area (Å²) in [5, 5.41) is 2.77. The quantitative estimate of drug-likeness (QED) is 0.657. The van der Waals surface area contributed by atoms with Crippen molar-refractivity contribution in [1.82, 2.24) is 5.32 Å². The Morgan fingerprint density at radius 1 is 1.50 bits per heavy atom. The molecule has 1 aliphatic heterocycles. The summed E-state index contributed by atoms with van der Waals surface area (Å²) in [6.45, 7) is 2.94. The van der Waals surface area contributed by atoms with Crippen molar-refractivity contribution in [3.05, 3.63) is 29.3 Å². The number of amides is 1. The van der Waals surface area contributed by atoms with Crippen LogP contribution in [0, 0.1) is 0 Å². The number of carbonyl (C=O) groups excluding carboxylic acids is 2. The molecule has 1 aliphatic rings. The average molecular weight is 299 g/mol. The molecule has 3 N–H and O–H groups in total. The SMILES string of the molecule is CCCOC(=O)c1cccc([C@@H]2CCNC2=O)c1N.Cl. The third-order valence-electron chi connectivity index (χ3n) is 3.22. The summed E-state index contributed by atoms with van der Waals surface area (Å²) in [7, 11) is 0. The van der Waals surface area contributed by atoms with Gasteiger partial charge in [-0.15, -0.1) is 12.4 Å². The molecule has 0 unspecified atom stereocenters. The fourth-order valence-electron chi connectivity index (χ4n) is 2.23. The molecule has 1 aromatic rings. The van der Waals surface area contributed by atoms with E-state index in [0.29, 0.717) is 36.4 Å². The number of nitrogen functional groups attached to an aromatic ring is 1. The maximum absolute atomic E-state index is 11.9. The van der Waals surface area contributed by atoms with Crippen molar-refractivity contribution in [2.24, 2.45) is 0 Å². The molecular formula is C14H19ClN2O3. The van der Waals surface area contributed by atoms with Gasteiger partial charge in [0.1, 0.15) is 0 Å². The van der Waals surface area contributed by atoms with E-state index in [0.717, 1.165) is 6.42 Å².